The van der Waals surface area contributed by atoms with Crippen molar-refractivity contribution >= 4 is 63.0 Å². The van der Waals surface area contributed by atoms with E-state index in [0.717, 1.165) is 23.1 Å². The van der Waals surface area contributed by atoms with Crippen molar-refractivity contribution < 1.29 is 17.1 Å². The molecule has 1 atom stereocenters. The van der Waals surface area contributed by atoms with Crippen LogP contribution in [0.3, 0.4) is 0 Å². The van der Waals surface area contributed by atoms with Crippen molar-refractivity contribution in [2.45, 2.75) is 29.2 Å². The van der Waals surface area contributed by atoms with E-state index < -0.39 is 14.0 Å². The first-order valence-electron chi connectivity index (χ1n) is 11.3. The van der Waals surface area contributed by atoms with Crippen LogP contribution in [0.2, 0.25) is 0 Å². The van der Waals surface area contributed by atoms with Gasteiger partial charge in [0.25, 0.3) is 0 Å². The molecule has 188 valence electrons. The Morgan fingerprint density at radius 1 is 1.14 bits per heavy atom. The zero-order valence-corrected chi connectivity index (χ0v) is 22.5. The van der Waals surface area contributed by atoms with E-state index >= 15 is 0 Å². The standard InChI is InChI=1S/C26H24Cl2N2O4S2/c27-24-17-21(12-13-26(24,28)36(32,33)18-19-6-2-1-3-7-19)30(35)14-4-5-15-34-22-9-10-23-20(16-22)8-11-25(31)29-23/h1-3,6-12,14,16-17H,4-5,13,15,18H2,(H-,29,31,35)/p+1. The average molecular weight is 565 g/mol. The molecule has 0 saturated carbocycles. The Morgan fingerprint density at radius 2 is 1.92 bits per heavy atom. The number of nitrogens with one attached hydrogen (secondary N) is 1. The second-order valence-corrected chi connectivity index (χ2v) is 12.3. The van der Waals surface area contributed by atoms with E-state index in [-0.39, 0.29) is 22.8 Å². The van der Waals surface area contributed by atoms with Gasteiger partial charge in [0.2, 0.25) is 11.3 Å². The Hall–Kier alpha value is -2.52. The van der Waals surface area contributed by atoms with E-state index in [4.69, 9.17) is 27.9 Å². The lowest BCUT2D eigenvalue weighted by Crippen LogP contribution is -2.35. The van der Waals surface area contributed by atoms with Crippen LogP contribution in [0.4, 0.5) is 0 Å². The highest BCUT2D eigenvalue weighted by molar-refractivity contribution is 7.93. The fourth-order valence-corrected chi connectivity index (χ4v) is 6.43. The molecule has 1 aromatic heterocycles. The van der Waals surface area contributed by atoms with Gasteiger partial charge in [-0.15, -0.1) is 3.98 Å². The molecular formula is C26H25Cl2N2O4S2+. The summed E-state index contributed by atoms with van der Waals surface area (Å²) in [6.07, 6.45) is 6.57. The Kier molecular flexibility index (Phi) is 8.30. The molecule has 0 bridgehead atoms. The first-order chi connectivity index (χ1) is 17.2. The van der Waals surface area contributed by atoms with Crippen LogP contribution in [0.1, 0.15) is 24.8 Å². The second-order valence-electron chi connectivity index (χ2n) is 8.39. The molecule has 10 heteroatoms. The van der Waals surface area contributed by atoms with Crippen molar-refractivity contribution in [1.82, 2.24) is 4.98 Å². The molecule has 1 unspecified atom stereocenters. The van der Waals surface area contributed by atoms with E-state index in [1.54, 1.807) is 46.5 Å². The van der Waals surface area contributed by atoms with Crippen LogP contribution in [0, 0.1) is 0 Å². The van der Waals surface area contributed by atoms with Crippen LogP contribution in [-0.4, -0.2) is 34.4 Å². The lowest BCUT2D eigenvalue weighted by Gasteiger charge is -2.27. The number of benzene rings is 2. The van der Waals surface area contributed by atoms with Gasteiger partial charge in [-0.2, -0.15) is 0 Å². The van der Waals surface area contributed by atoms with E-state index in [9.17, 15) is 13.2 Å². The van der Waals surface area contributed by atoms with Gasteiger partial charge in [-0.1, -0.05) is 53.5 Å². The lowest BCUT2D eigenvalue weighted by atomic mass is 10.1. The number of halogens is 2. The number of unbranched alkanes of at least 4 members (excludes halogenated alkanes) is 1. The summed E-state index contributed by atoms with van der Waals surface area (Å²) >= 11 is 17.5. The molecule has 1 N–H and O–H groups in total. The fourth-order valence-electron chi connectivity index (χ4n) is 3.79. The summed E-state index contributed by atoms with van der Waals surface area (Å²) in [6, 6.07) is 17.6. The third-order valence-electron chi connectivity index (χ3n) is 5.78. The Balaban J connectivity index is 1.32. The Labute approximate surface area is 225 Å². The van der Waals surface area contributed by atoms with Gasteiger partial charge >= 0.3 is 0 Å². The lowest BCUT2D eigenvalue weighted by molar-refractivity contribution is -0.268. The van der Waals surface area contributed by atoms with Crippen LogP contribution in [0.15, 0.2) is 88.3 Å². The van der Waals surface area contributed by atoms with Gasteiger partial charge < -0.3 is 9.72 Å². The van der Waals surface area contributed by atoms with E-state index in [2.05, 4.69) is 17.8 Å². The van der Waals surface area contributed by atoms with Crippen LogP contribution in [0.25, 0.3) is 10.9 Å². The SMILES string of the molecule is O=c1ccc2cc(OCCCC=[N+](S)C3=CCC(Cl)(S(=O)(=O)Cc4ccccc4)C(Cl)=C3)ccc2[nH]1. The van der Waals surface area contributed by atoms with Gasteiger partial charge in [-0.3, -0.25) is 4.79 Å². The quantitative estimate of drug-likeness (QED) is 0.117. The first kappa shape index (κ1) is 26.5. The number of hydrogen-bond acceptors (Lipinski definition) is 5. The number of pyridine rings is 1. The number of aromatic nitrogens is 1. The molecule has 3 aromatic rings. The van der Waals surface area contributed by atoms with Gasteiger partial charge in [-0.25, -0.2) is 8.42 Å². The van der Waals surface area contributed by atoms with Crippen molar-refractivity contribution in [3.05, 3.63) is 99.5 Å². The number of H-pyrrole nitrogens is 1. The molecular weight excluding hydrogens is 539 g/mol. The molecule has 2 aromatic carbocycles. The number of aromatic amines is 1. The van der Waals surface area contributed by atoms with E-state index in [1.807, 2.05) is 30.5 Å². The van der Waals surface area contributed by atoms with Crippen molar-refractivity contribution in [1.29, 1.82) is 0 Å². The number of sulfone groups is 1. The van der Waals surface area contributed by atoms with Crippen molar-refractivity contribution in [3.8, 4) is 5.75 Å². The highest BCUT2D eigenvalue weighted by Crippen LogP contribution is 2.43. The van der Waals surface area contributed by atoms with Crippen LogP contribution in [-0.2, 0) is 15.6 Å². The minimum atomic E-state index is -3.77. The van der Waals surface area contributed by atoms with Crippen molar-refractivity contribution in [2.75, 3.05) is 6.61 Å². The summed E-state index contributed by atoms with van der Waals surface area (Å²) in [7, 11) is -3.77. The predicted molar refractivity (Wildman–Crippen MR) is 149 cm³/mol. The Morgan fingerprint density at radius 3 is 2.67 bits per heavy atom. The zero-order valence-electron chi connectivity index (χ0n) is 19.2. The van der Waals surface area contributed by atoms with Crippen LogP contribution in [0.5, 0.6) is 5.75 Å². The number of fused-ring (bicyclic) bond motifs is 1. The second kappa shape index (κ2) is 11.3. The minimum Gasteiger partial charge on any atom is -0.494 e. The molecule has 4 rings (SSSR count). The van der Waals surface area contributed by atoms with Gasteiger partial charge in [0.1, 0.15) is 18.6 Å². The number of hydrogen-bond donors (Lipinski definition) is 2. The van der Waals surface area contributed by atoms with Gasteiger partial charge in [-0.05, 0) is 42.3 Å². The van der Waals surface area contributed by atoms with Crippen molar-refractivity contribution in [3.63, 3.8) is 0 Å². The maximum absolute atomic E-state index is 13.1. The number of ether oxygens (including phenoxy) is 1. The number of allylic oxidation sites excluding steroid dienone is 2. The number of nitrogens with zero attached hydrogens (tertiary/aromatic N) is 1. The maximum Gasteiger partial charge on any atom is 0.248 e. The number of thiol groups is 1. The molecule has 1 heterocycles. The topological polar surface area (TPSA) is 79.2 Å². The summed E-state index contributed by atoms with van der Waals surface area (Å²) in [6.45, 7) is 0.491. The van der Waals surface area contributed by atoms with Gasteiger partial charge in [0.05, 0.1) is 17.4 Å². The smallest absolute Gasteiger partial charge is 0.248 e. The normalized spacial score (nSPS) is 18.6. The predicted octanol–water partition coefficient (Wildman–Crippen LogP) is 5.58. The highest BCUT2D eigenvalue weighted by atomic mass is 35.5. The molecule has 6 nitrogen and oxygen atoms in total. The molecule has 36 heavy (non-hydrogen) atoms. The molecule has 0 amide bonds. The molecule has 0 spiro atoms. The van der Waals surface area contributed by atoms with Gasteiger partial charge in [0, 0.05) is 35.9 Å². The summed E-state index contributed by atoms with van der Waals surface area (Å²) in [5, 5.41) is 0.945. The first-order valence-corrected chi connectivity index (χ1v) is 14.1. The highest BCUT2D eigenvalue weighted by Gasteiger charge is 2.46. The van der Waals surface area contributed by atoms with E-state index in [0.29, 0.717) is 24.3 Å². The summed E-state index contributed by atoms with van der Waals surface area (Å²) in [5.74, 6) is 0.522. The molecule has 1 aliphatic rings. The summed E-state index contributed by atoms with van der Waals surface area (Å²) < 4.78 is 31.8. The zero-order chi connectivity index (χ0) is 25.8. The third-order valence-corrected chi connectivity index (χ3v) is 9.96. The average Bonchev–Trinajstić information content (AvgIpc) is 2.85. The third kappa shape index (κ3) is 6.06. The summed E-state index contributed by atoms with van der Waals surface area (Å²) in [5.41, 5.74) is 1.92. The molecule has 1 aliphatic carbocycles. The molecule has 0 radical (unpaired) electrons. The minimum absolute atomic E-state index is 0.0373. The maximum atomic E-state index is 13.1. The molecule has 0 aliphatic heterocycles. The number of rotatable bonds is 9. The Bertz CT molecular complexity index is 1520. The summed E-state index contributed by atoms with van der Waals surface area (Å²) in [4.78, 5) is 14.2. The monoisotopic (exact) mass is 563 g/mol. The fraction of sp³-hybridized carbons (Fsp3) is 0.231. The largest absolute Gasteiger partial charge is 0.494 e. The molecule has 0 fully saturated rings. The van der Waals surface area contributed by atoms with E-state index in [1.165, 1.54) is 6.07 Å². The van der Waals surface area contributed by atoms with Crippen molar-refractivity contribution in [2.24, 2.45) is 0 Å². The number of alkyl halides is 1. The molecule has 0 saturated heterocycles. The van der Waals surface area contributed by atoms with Crippen LogP contribution >= 0.6 is 36.0 Å². The van der Waals surface area contributed by atoms with Crippen LogP contribution < -0.4 is 10.3 Å². The van der Waals surface area contributed by atoms with Gasteiger partial charge in [0.15, 0.2) is 20.3 Å².